The van der Waals surface area contributed by atoms with E-state index < -0.39 is 34.7 Å². The summed E-state index contributed by atoms with van der Waals surface area (Å²) in [6.07, 6.45) is 6.01. The SMILES string of the molecule is CC(=O)O[C@@H]1CC2C(C)(C)[C@H](O)CC[C@]2(C)C2CC[C@@]3(C)[C@H](c4cc[nH]c4)OC(=O)C4OC43[C@@]21C. The van der Waals surface area contributed by atoms with Gasteiger partial charge >= 0.3 is 11.9 Å². The lowest BCUT2D eigenvalue weighted by atomic mass is 9.34. The number of epoxide rings is 1. The van der Waals surface area contributed by atoms with Crippen molar-refractivity contribution in [3.63, 3.8) is 0 Å². The van der Waals surface area contributed by atoms with Gasteiger partial charge in [-0.1, -0.05) is 34.6 Å². The van der Waals surface area contributed by atoms with Crippen LogP contribution in [0, 0.1) is 33.5 Å². The maximum atomic E-state index is 13.3. The minimum atomic E-state index is -0.769. The Morgan fingerprint density at radius 2 is 1.86 bits per heavy atom. The average Bonchev–Trinajstić information content (AvgIpc) is 3.35. The van der Waals surface area contributed by atoms with Crippen LogP contribution in [0.2, 0.25) is 0 Å². The van der Waals surface area contributed by atoms with Gasteiger partial charge in [0.25, 0.3) is 0 Å². The van der Waals surface area contributed by atoms with Gasteiger partial charge in [-0.15, -0.1) is 0 Å². The second-order valence-electron chi connectivity index (χ2n) is 13.3. The number of aliphatic hydroxyl groups is 1. The number of carbonyl (C=O) groups excluding carboxylic acids is 2. The van der Waals surface area contributed by atoms with Crippen molar-refractivity contribution in [2.75, 3.05) is 0 Å². The fourth-order valence-corrected chi connectivity index (χ4v) is 9.96. The molecule has 0 aromatic carbocycles. The molecule has 7 nitrogen and oxygen atoms in total. The van der Waals surface area contributed by atoms with Gasteiger partial charge in [0.2, 0.25) is 0 Å². The van der Waals surface area contributed by atoms with Crippen molar-refractivity contribution in [1.29, 1.82) is 0 Å². The van der Waals surface area contributed by atoms with Gasteiger partial charge in [0, 0.05) is 35.7 Å². The topological polar surface area (TPSA) is 101 Å². The van der Waals surface area contributed by atoms with E-state index in [9.17, 15) is 14.7 Å². The van der Waals surface area contributed by atoms with Gasteiger partial charge in [0.15, 0.2) is 6.10 Å². The zero-order valence-electron chi connectivity index (χ0n) is 21.7. The van der Waals surface area contributed by atoms with Crippen LogP contribution in [0.25, 0.3) is 0 Å². The van der Waals surface area contributed by atoms with Crippen LogP contribution in [0.5, 0.6) is 0 Å². The van der Waals surface area contributed by atoms with Crippen LogP contribution in [-0.4, -0.2) is 45.9 Å². The molecule has 5 fully saturated rings. The van der Waals surface area contributed by atoms with E-state index in [1.807, 2.05) is 18.5 Å². The quantitative estimate of drug-likeness (QED) is 0.478. The smallest absolute Gasteiger partial charge is 0.339 e. The Labute approximate surface area is 207 Å². The highest BCUT2D eigenvalue weighted by atomic mass is 16.7. The van der Waals surface area contributed by atoms with Crippen molar-refractivity contribution in [2.45, 2.75) is 104 Å². The second kappa shape index (κ2) is 6.91. The second-order valence-corrected chi connectivity index (χ2v) is 13.3. The summed E-state index contributed by atoms with van der Waals surface area (Å²) in [5, 5.41) is 11.0. The molecule has 2 N–H and O–H groups in total. The highest BCUT2D eigenvalue weighted by molar-refractivity contribution is 5.82. The number of aromatic amines is 1. The number of aliphatic hydroxyl groups excluding tert-OH is 1. The normalized spacial score (nSPS) is 51.7. The fourth-order valence-electron chi connectivity index (χ4n) is 9.96. The summed E-state index contributed by atoms with van der Waals surface area (Å²) in [5.41, 5.74) is -1.20. The molecular weight excluding hydrogens is 446 g/mol. The van der Waals surface area contributed by atoms with Crippen LogP contribution in [0.1, 0.15) is 85.3 Å². The molecule has 1 aromatic heterocycles. The molecular formula is C28H39NO6. The van der Waals surface area contributed by atoms with Gasteiger partial charge < -0.3 is 24.3 Å². The minimum absolute atomic E-state index is 0.0638. The lowest BCUT2D eigenvalue weighted by Crippen LogP contribution is -2.73. The van der Waals surface area contributed by atoms with Gasteiger partial charge in [-0.25, -0.2) is 4.79 Å². The van der Waals surface area contributed by atoms with Gasteiger partial charge in [-0.05, 0) is 60.8 Å². The summed E-state index contributed by atoms with van der Waals surface area (Å²) in [5.74, 6) is -0.256. The maximum Gasteiger partial charge on any atom is 0.339 e. The minimum Gasteiger partial charge on any atom is -0.462 e. The highest BCUT2D eigenvalue weighted by Gasteiger charge is 2.88. The molecule has 192 valence electrons. The molecule has 10 atom stereocenters. The third kappa shape index (κ3) is 2.59. The summed E-state index contributed by atoms with van der Waals surface area (Å²) < 4.78 is 18.8. The van der Waals surface area contributed by atoms with Crippen molar-refractivity contribution >= 4 is 11.9 Å². The Hall–Kier alpha value is -1.86. The van der Waals surface area contributed by atoms with E-state index in [2.05, 4.69) is 39.6 Å². The third-order valence-electron chi connectivity index (χ3n) is 11.6. The number of hydrogen-bond donors (Lipinski definition) is 2. The number of esters is 2. The van der Waals surface area contributed by atoms with Crippen molar-refractivity contribution in [2.24, 2.45) is 33.5 Å². The molecule has 7 heteroatoms. The molecule has 3 saturated carbocycles. The molecule has 2 aliphatic heterocycles. The monoisotopic (exact) mass is 485 g/mol. The third-order valence-corrected chi connectivity index (χ3v) is 11.6. The highest BCUT2D eigenvalue weighted by Crippen LogP contribution is 2.80. The number of H-pyrrole nitrogens is 1. The van der Waals surface area contributed by atoms with Crippen LogP contribution < -0.4 is 0 Å². The van der Waals surface area contributed by atoms with Gasteiger partial charge in [0.05, 0.1) is 6.10 Å². The molecule has 6 rings (SSSR count). The molecule has 4 unspecified atom stereocenters. The van der Waals surface area contributed by atoms with E-state index in [-0.39, 0.29) is 40.7 Å². The molecule has 3 aliphatic carbocycles. The summed E-state index contributed by atoms with van der Waals surface area (Å²) >= 11 is 0. The van der Waals surface area contributed by atoms with Crippen molar-refractivity contribution in [3.8, 4) is 0 Å². The Bertz CT molecular complexity index is 1070. The molecule has 35 heavy (non-hydrogen) atoms. The van der Waals surface area contributed by atoms with Crippen molar-refractivity contribution in [1.82, 2.24) is 4.98 Å². The van der Waals surface area contributed by atoms with Gasteiger partial charge in [-0.2, -0.15) is 0 Å². The van der Waals surface area contributed by atoms with Crippen LogP contribution in [0.3, 0.4) is 0 Å². The molecule has 1 spiro atoms. The lowest BCUT2D eigenvalue weighted by Gasteiger charge is -2.70. The van der Waals surface area contributed by atoms with Crippen molar-refractivity contribution in [3.05, 3.63) is 24.0 Å². The number of rotatable bonds is 2. The van der Waals surface area contributed by atoms with E-state index in [1.165, 1.54) is 6.92 Å². The number of aromatic nitrogens is 1. The summed E-state index contributed by atoms with van der Waals surface area (Å²) in [4.78, 5) is 28.9. The van der Waals surface area contributed by atoms with Crippen LogP contribution in [-0.2, 0) is 23.8 Å². The molecule has 3 heterocycles. The molecule has 0 radical (unpaired) electrons. The van der Waals surface area contributed by atoms with E-state index in [0.29, 0.717) is 6.42 Å². The summed E-state index contributed by atoms with van der Waals surface area (Å²) in [6.45, 7) is 12.6. The van der Waals surface area contributed by atoms with Crippen molar-refractivity contribution < 1.29 is 28.9 Å². The molecule has 2 saturated heterocycles. The Kier molecular flexibility index (Phi) is 4.65. The van der Waals surface area contributed by atoms with Crippen LogP contribution >= 0.6 is 0 Å². The molecule has 1 aromatic rings. The Morgan fingerprint density at radius 3 is 2.51 bits per heavy atom. The zero-order chi connectivity index (χ0) is 25.2. The summed E-state index contributed by atoms with van der Waals surface area (Å²) in [7, 11) is 0. The number of carbonyl (C=O) groups is 2. The molecule has 0 amide bonds. The van der Waals surface area contributed by atoms with E-state index in [1.54, 1.807) is 0 Å². The number of cyclic esters (lactones) is 1. The van der Waals surface area contributed by atoms with Gasteiger partial charge in [0.1, 0.15) is 17.8 Å². The van der Waals surface area contributed by atoms with Crippen LogP contribution in [0.15, 0.2) is 18.5 Å². The molecule has 0 bridgehead atoms. The Balaban J connectivity index is 1.53. The number of fused-ring (bicyclic) bond motifs is 3. The van der Waals surface area contributed by atoms with E-state index >= 15 is 0 Å². The first-order chi connectivity index (χ1) is 16.3. The van der Waals surface area contributed by atoms with Gasteiger partial charge in [-0.3, -0.25) is 4.79 Å². The first-order valence-electron chi connectivity index (χ1n) is 13.2. The van der Waals surface area contributed by atoms with Crippen LogP contribution in [0.4, 0.5) is 0 Å². The number of hydrogen-bond acceptors (Lipinski definition) is 6. The predicted octanol–water partition coefficient (Wildman–Crippen LogP) is 4.31. The van der Waals surface area contributed by atoms with E-state index in [0.717, 1.165) is 31.2 Å². The first kappa shape index (κ1) is 23.5. The summed E-state index contributed by atoms with van der Waals surface area (Å²) in [6, 6.07) is 1.97. The number of nitrogens with one attached hydrogen (secondary N) is 1. The first-order valence-corrected chi connectivity index (χ1v) is 13.2. The lowest BCUT2D eigenvalue weighted by molar-refractivity contribution is -0.275. The molecule has 5 aliphatic rings. The van der Waals surface area contributed by atoms with E-state index in [4.69, 9.17) is 14.2 Å². The Morgan fingerprint density at radius 1 is 1.11 bits per heavy atom. The largest absolute Gasteiger partial charge is 0.462 e. The average molecular weight is 486 g/mol. The standard InChI is InChI=1S/C28H39NO6/c1-15(30)33-20-13-18-24(2,3)19(31)8-10-25(18,4)17-7-11-26(5)21(16-9-12-29-14-16)34-23(32)22-28(26,35-22)27(17,20)6/h9,12,14,17-22,29,31H,7-8,10-11,13H2,1-6H3/t17?,18?,19-,20-,21+,22?,25-,26+,27+,28?/m1/s1. The zero-order valence-corrected chi connectivity index (χ0v) is 21.7. The fraction of sp³-hybridized carbons (Fsp3) is 0.786. The number of ether oxygens (including phenoxy) is 3. The maximum absolute atomic E-state index is 13.3. The predicted molar refractivity (Wildman–Crippen MR) is 127 cm³/mol.